The SMILES string of the molecule is COC(=O)CCC(=O)N1CCC(C)(C)CC1. The summed E-state index contributed by atoms with van der Waals surface area (Å²) in [5.41, 5.74) is 0.346. The van der Waals surface area contributed by atoms with Crippen molar-refractivity contribution in [3.8, 4) is 0 Å². The van der Waals surface area contributed by atoms with Crippen LogP contribution in [0.4, 0.5) is 0 Å². The zero-order chi connectivity index (χ0) is 12.2. The molecule has 92 valence electrons. The molecule has 1 rings (SSSR count). The van der Waals surface area contributed by atoms with Crippen LogP contribution in [0.2, 0.25) is 0 Å². The van der Waals surface area contributed by atoms with Crippen molar-refractivity contribution in [2.75, 3.05) is 20.2 Å². The van der Waals surface area contributed by atoms with Gasteiger partial charge in [-0.25, -0.2) is 0 Å². The molecule has 0 aromatic heterocycles. The number of hydrogen-bond donors (Lipinski definition) is 0. The Morgan fingerprint density at radius 2 is 1.75 bits per heavy atom. The fourth-order valence-electron chi connectivity index (χ4n) is 1.83. The maximum absolute atomic E-state index is 11.7. The van der Waals surface area contributed by atoms with Gasteiger partial charge in [-0.1, -0.05) is 13.8 Å². The molecule has 4 nitrogen and oxygen atoms in total. The first-order valence-corrected chi connectivity index (χ1v) is 5.79. The van der Waals surface area contributed by atoms with Crippen LogP contribution in [0.5, 0.6) is 0 Å². The molecule has 4 heteroatoms. The lowest BCUT2D eigenvalue weighted by Gasteiger charge is -2.36. The molecule has 1 fully saturated rings. The van der Waals surface area contributed by atoms with E-state index >= 15 is 0 Å². The first-order chi connectivity index (χ1) is 7.44. The molecule has 0 bridgehead atoms. The third-order valence-electron chi connectivity index (χ3n) is 3.24. The van der Waals surface area contributed by atoms with Gasteiger partial charge in [0.1, 0.15) is 0 Å². The molecule has 0 N–H and O–H groups in total. The van der Waals surface area contributed by atoms with E-state index in [1.807, 2.05) is 4.90 Å². The average molecular weight is 227 g/mol. The minimum absolute atomic E-state index is 0.0703. The van der Waals surface area contributed by atoms with Crippen LogP contribution in [-0.2, 0) is 14.3 Å². The Bertz CT molecular complexity index is 263. The lowest BCUT2D eigenvalue weighted by molar-refractivity contribution is -0.144. The van der Waals surface area contributed by atoms with Crippen LogP contribution in [0.15, 0.2) is 0 Å². The molecule has 0 atom stereocenters. The summed E-state index contributed by atoms with van der Waals surface area (Å²) in [6, 6.07) is 0. The Balaban J connectivity index is 2.31. The molecule has 0 aromatic carbocycles. The zero-order valence-electron chi connectivity index (χ0n) is 10.4. The molecule has 0 spiro atoms. The van der Waals surface area contributed by atoms with Crippen molar-refractivity contribution in [1.29, 1.82) is 0 Å². The molecule has 1 amide bonds. The van der Waals surface area contributed by atoms with Crippen LogP contribution in [0.3, 0.4) is 0 Å². The molecular formula is C12H21NO3. The highest BCUT2D eigenvalue weighted by atomic mass is 16.5. The summed E-state index contributed by atoms with van der Waals surface area (Å²) < 4.78 is 4.51. The van der Waals surface area contributed by atoms with E-state index in [1.54, 1.807) is 0 Å². The Morgan fingerprint density at radius 1 is 1.19 bits per heavy atom. The second-order valence-corrected chi connectivity index (χ2v) is 5.12. The van der Waals surface area contributed by atoms with E-state index in [1.165, 1.54) is 7.11 Å². The summed E-state index contributed by atoms with van der Waals surface area (Å²) >= 11 is 0. The maximum atomic E-state index is 11.7. The van der Waals surface area contributed by atoms with Crippen molar-refractivity contribution in [3.63, 3.8) is 0 Å². The Labute approximate surface area is 96.9 Å². The summed E-state index contributed by atoms with van der Waals surface area (Å²) in [4.78, 5) is 24.5. The van der Waals surface area contributed by atoms with E-state index in [4.69, 9.17) is 0 Å². The molecule has 0 unspecified atom stereocenters. The topological polar surface area (TPSA) is 46.6 Å². The molecule has 16 heavy (non-hydrogen) atoms. The fraction of sp³-hybridized carbons (Fsp3) is 0.833. The smallest absolute Gasteiger partial charge is 0.306 e. The molecule has 1 saturated heterocycles. The van der Waals surface area contributed by atoms with Crippen LogP contribution in [0.25, 0.3) is 0 Å². The van der Waals surface area contributed by atoms with Crippen LogP contribution in [0, 0.1) is 5.41 Å². The summed E-state index contributed by atoms with van der Waals surface area (Å²) in [5.74, 6) is -0.244. The van der Waals surface area contributed by atoms with Crippen LogP contribution < -0.4 is 0 Å². The first kappa shape index (κ1) is 13.0. The number of carbonyl (C=O) groups is 2. The predicted molar refractivity (Wildman–Crippen MR) is 60.8 cm³/mol. The second-order valence-electron chi connectivity index (χ2n) is 5.12. The number of carbonyl (C=O) groups excluding carboxylic acids is 2. The first-order valence-electron chi connectivity index (χ1n) is 5.79. The average Bonchev–Trinajstić information content (AvgIpc) is 2.25. The van der Waals surface area contributed by atoms with Gasteiger partial charge in [-0.3, -0.25) is 9.59 Å². The van der Waals surface area contributed by atoms with Gasteiger partial charge in [0.15, 0.2) is 0 Å². The van der Waals surface area contributed by atoms with E-state index in [0.717, 1.165) is 25.9 Å². The minimum Gasteiger partial charge on any atom is -0.469 e. The predicted octanol–water partition coefficient (Wildman–Crippen LogP) is 1.59. The van der Waals surface area contributed by atoms with Crippen molar-refractivity contribution in [2.45, 2.75) is 39.5 Å². The van der Waals surface area contributed by atoms with Gasteiger partial charge in [-0.15, -0.1) is 0 Å². The quantitative estimate of drug-likeness (QED) is 0.688. The Morgan fingerprint density at radius 3 is 2.25 bits per heavy atom. The molecule has 0 aliphatic carbocycles. The number of rotatable bonds is 3. The van der Waals surface area contributed by atoms with E-state index in [0.29, 0.717) is 5.41 Å². The minimum atomic E-state index is -0.314. The molecule has 0 aromatic rings. The van der Waals surface area contributed by atoms with Crippen LogP contribution in [-0.4, -0.2) is 37.0 Å². The maximum Gasteiger partial charge on any atom is 0.306 e. The number of esters is 1. The van der Waals surface area contributed by atoms with E-state index < -0.39 is 0 Å². The van der Waals surface area contributed by atoms with Gasteiger partial charge in [0.2, 0.25) is 5.91 Å². The van der Waals surface area contributed by atoms with Crippen molar-refractivity contribution < 1.29 is 14.3 Å². The summed E-state index contributed by atoms with van der Waals surface area (Å²) in [6.45, 7) is 6.08. The van der Waals surface area contributed by atoms with Gasteiger partial charge >= 0.3 is 5.97 Å². The third-order valence-corrected chi connectivity index (χ3v) is 3.24. The van der Waals surface area contributed by atoms with Crippen molar-refractivity contribution in [3.05, 3.63) is 0 Å². The number of nitrogens with zero attached hydrogens (tertiary/aromatic N) is 1. The highest BCUT2D eigenvalue weighted by Gasteiger charge is 2.27. The normalized spacial score (nSPS) is 19.3. The van der Waals surface area contributed by atoms with E-state index in [-0.39, 0.29) is 24.7 Å². The Kier molecular flexibility index (Phi) is 4.33. The van der Waals surface area contributed by atoms with Crippen molar-refractivity contribution in [1.82, 2.24) is 4.90 Å². The van der Waals surface area contributed by atoms with E-state index in [2.05, 4.69) is 18.6 Å². The van der Waals surface area contributed by atoms with Gasteiger partial charge in [0, 0.05) is 19.5 Å². The number of likely N-dealkylation sites (tertiary alicyclic amines) is 1. The molecule has 1 aliphatic rings. The summed E-state index contributed by atoms with van der Waals surface area (Å²) in [7, 11) is 1.34. The number of hydrogen-bond acceptors (Lipinski definition) is 3. The third kappa shape index (κ3) is 3.83. The van der Waals surface area contributed by atoms with Gasteiger partial charge in [-0.05, 0) is 18.3 Å². The largest absolute Gasteiger partial charge is 0.469 e. The molecule has 0 saturated carbocycles. The molecule has 1 aliphatic heterocycles. The van der Waals surface area contributed by atoms with Crippen molar-refractivity contribution >= 4 is 11.9 Å². The van der Waals surface area contributed by atoms with Gasteiger partial charge in [0.05, 0.1) is 13.5 Å². The van der Waals surface area contributed by atoms with Gasteiger partial charge in [-0.2, -0.15) is 0 Å². The number of ether oxygens (including phenoxy) is 1. The highest BCUT2D eigenvalue weighted by Crippen LogP contribution is 2.29. The van der Waals surface area contributed by atoms with Crippen LogP contribution in [0.1, 0.15) is 39.5 Å². The number of piperidine rings is 1. The monoisotopic (exact) mass is 227 g/mol. The fourth-order valence-corrected chi connectivity index (χ4v) is 1.83. The molecule has 1 heterocycles. The molecule has 0 radical (unpaired) electrons. The summed E-state index contributed by atoms with van der Waals surface area (Å²) in [5, 5.41) is 0. The van der Waals surface area contributed by atoms with E-state index in [9.17, 15) is 9.59 Å². The standard InChI is InChI=1S/C12H21NO3/c1-12(2)6-8-13(9-7-12)10(14)4-5-11(15)16-3/h4-9H2,1-3H3. The number of methoxy groups -OCH3 is 1. The van der Waals surface area contributed by atoms with Gasteiger partial charge in [0.25, 0.3) is 0 Å². The highest BCUT2D eigenvalue weighted by molar-refractivity contribution is 5.81. The Hall–Kier alpha value is -1.06. The van der Waals surface area contributed by atoms with Crippen LogP contribution >= 0.6 is 0 Å². The molecular weight excluding hydrogens is 206 g/mol. The summed E-state index contributed by atoms with van der Waals surface area (Å²) in [6.07, 6.45) is 2.54. The van der Waals surface area contributed by atoms with Gasteiger partial charge < -0.3 is 9.64 Å². The number of amides is 1. The second kappa shape index (κ2) is 5.32. The lowest BCUT2D eigenvalue weighted by Crippen LogP contribution is -2.41. The zero-order valence-corrected chi connectivity index (χ0v) is 10.4. The van der Waals surface area contributed by atoms with Crippen molar-refractivity contribution in [2.24, 2.45) is 5.41 Å². The lowest BCUT2D eigenvalue weighted by atomic mass is 9.82.